The molecule has 72 valence electrons. The highest BCUT2D eigenvalue weighted by molar-refractivity contribution is 7.10. The summed E-state index contributed by atoms with van der Waals surface area (Å²) < 4.78 is 0. The van der Waals surface area contributed by atoms with Crippen molar-refractivity contribution in [2.45, 2.75) is 25.8 Å². The summed E-state index contributed by atoms with van der Waals surface area (Å²) in [6.45, 7) is 3.71. The highest BCUT2D eigenvalue weighted by atomic mass is 32.1. The fourth-order valence-corrected chi connectivity index (χ4v) is 2.11. The van der Waals surface area contributed by atoms with Crippen LogP contribution in [0.4, 0.5) is 0 Å². The standard InChI is InChI=1S/C9H13NO2S/c1-6-3-7(13-5-6)9(2,10)4-8(11)12/h3,5H,4,10H2,1-2H3,(H,11,12)/t9-/m1/s1. The quantitative estimate of drug-likeness (QED) is 0.778. The van der Waals surface area contributed by atoms with Gasteiger partial charge in [0.1, 0.15) is 0 Å². The number of rotatable bonds is 3. The molecule has 1 atom stereocenters. The third-order valence-electron chi connectivity index (χ3n) is 1.81. The maximum Gasteiger partial charge on any atom is 0.305 e. The molecular weight excluding hydrogens is 186 g/mol. The van der Waals surface area contributed by atoms with E-state index < -0.39 is 11.5 Å². The van der Waals surface area contributed by atoms with Gasteiger partial charge in [-0.05, 0) is 30.9 Å². The lowest BCUT2D eigenvalue weighted by molar-refractivity contribution is -0.138. The molecule has 0 spiro atoms. The summed E-state index contributed by atoms with van der Waals surface area (Å²) in [5, 5.41) is 10.6. The highest BCUT2D eigenvalue weighted by Crippen LogP contribution is 2.27. The van der Waals surface area contributed by atoms with Crippen LogP contribution in [0.25, 0.3) is 0 Å². The first-order valence-electron chi connectivity index (χ1n) is 3.98. The Hall–Kier alpha value is -0.870. The van der Waals surface area contributed by atoms with Crippen molar-refractivity contribution in [1.29, 1.82) is 0 Å². The van der Waals surface area contributed by atoms with Crippen LogP contribution in [0.15, 0.2) is 11.4 Å². The average molecular weight is 199 g/mol. The van der Waals surface area contributed by atoms with Crippen molar-refractivity contribution < 1.29 is 9.90 Å². The highest BCUT2D eigenvalue weighted by Gasteiger charge is 2.25. The van der Waals surface area contributed by atoms with E-state index in [4.69, 9.17) is 10.8 Å². The second kappa shape index (κ2) is 3.47. The number of hydrogen-bond donors (Lipinski definition) is 2. The largest absolute Gasteiger partial charge is 0.481 e. The van der Waals surface area contributed by atoms with E-state index in [2.05, 4.69) is 0 Å². The number of aliphatic carboxylic acids is 1. The molecule has 0 aliphatic heterocycles. The van der Waals surface area contributed by atoms with E-state index in [1.165, 1.54) is 11.3 Å². The van der Waals surface area contributed by atoms with Gasteiger partial charge in [0.15, 0.2) is 0 Å². The average Bonchev–Trinajstić information content (AvgIpc) is 2.32. The summed E-state index contributed by atoms with van der Waals surface area (Å²) in [5.74, 6) is -0.865. The first kappa shape index (κ1) is 10.2. The Morgan fingerprint density at radius 3 is 2.77 bits per heavy atom. The first-order chi connectivity index (χ1) is 5.92. The molecule has 0 fully saturated rings. The maximum atomic E-state index is 10.5. The molecular formula is C9H13NO2S. The van der Waals surface area contributed by atoms with Crippen LogP contribution < -0.4 is 5.73 Å². The lowest BCUT2D eigenvalue weighted by Gasteiger charge is -2.20. The second-order valence-electron chi connectivity index (χ2n) is 3.48. The van der Waals surface area contributed by atoms with Crippen molar-refractivity contribution in [2.75, 3.05) is 0 Å². The molecule has 4 heteroatoms. The van der Waals surface area contributed by atoms with Gasteiger partial charge in [-0.15, -0.1) is 11.3 Å². The van der Waals surface area contributed by atoms with Gasteiger partial charge in [0.05, 0.1) is 12.0 Å². The topological polar surface area (TPSA) is 63.3 Å². The Kier molecular flexibility index (Phi) is 2.73. The molecule has 0 unspecified atom stereocenters. The van der Waals surface area contributed by atoms with E-state index in [-0.39, 0.29) is 6.42 Å². The summed E-state index contributed by atoms with van der Waals surface area (Å²) in [6.07, 6.45) is -0.0348. The Balaban J connectivity index is 2.86. The van der Waals surface area contributed by atoms with E-state index >= 15 is 0 Å². The predicted molar refractivity (Wildman–Crippen MR) is 52.8 cm³/mol. The monoisotopic (exact) mass is 199 g/mol. The van der Waals surface area contributed by atoms with Crippen LogP contribution in [-0.4, -0.2) is 11.1 Å². The van der Waals surface area contributed by atoms with Crippen LogP contribution >= 0.6 is 11.3 Å². The summed E-state index contributed by atoms with van der Waals surface area (Å²) in [7, 11) is 0. The molecule has 1 aromatic rings. The van der Waals surface area contributed by atoms with Crippen LogP contribution in [0.1, 0.15) is 23.8 Å². The van der Waals surface area contributed by atoms with E-state index in [0.717, 1.165) is 10.4 Å². The number of thiophene rings is 1. The Labute approximate surface area is 81.2 Å². The number of nitrogens with two attached hydrogens (primary N) is 1. The molecule has 0 aromatic carbocycles. The Bertz CT molecular complexity index is 317. The number of carbonyl (C=O) groups is 1. The molecule has 0 aliphatic carbocycles. The summed E-state index contributed by atoms with van der Waals surface area (Å²) in [6, 6.07) is 1.94. The van der Waals surface area contributed by atoms with Crippen molar-refractivity contribution in [1.82, 2.24) is 0 Å². The Morgan fingerprint density at radius 2 is 2.38 bits per heavy atom. The van der Waals surface area contributed by atoms with Gasteiger partial charge in [0, 0.05) is 4.88 Å². The summed E-state index contributed by atoms with van der Waals surface area (Å²) in [4.78, 5) is 11.4. The molecule has 0 radical (unpaired) electrons. The predicted octanol–water partition coefficient (Wildman–Crippen LogP) is 1.71. The van der Waals surface area contributed by atoms with Crippen LogP contribution in [-0.2, 0) is 10.3 Å². The first-order valence-corrected chi connectivity index (χ1v) is 4.86. The van der Waals surface area contributed by atoms with Gasteiger partial charge in [0.25, 0.3) is 0 Å². The van der Waals surface area contributed by atoms with Gasteiger partial charge >= 0.3 is 5.97 Å². The van der Waals surface area contributed by atoms with Crippen LogP contribution in [0.3, 0.4) is 0 Å². The zero-order valence-electron chi connectivity index (χ0n) is 7.70. The molecule has 0 aliphatic rings. The van der Waals surface area contributed by atoms with Gasteiger partial charge in [-0.3, -0.25) is 4.79 Å². The third-order valence-corrected chi connectivity index (χ3v) is 3.14. The molecule has 1 heterocycles. The zero-order chi connectivity index (χ0) is 10.1. The third kappa shape index (κ3) is 2.54. The fraction of sp³-hybridized carbons (Fsp3) is 0.444. The van der Waals surface area contributed by atoms with E-state index in [1.807, 2.05) is 18.4 Å². The number of aryl methyl sites for hydroxylation is 1. The molecule has 3 nitrogen and oxygen atoms in total. The van der Waals surface area contributed by atoms with Gasteiger partial charge < -0.3 is 10.8 Å². The molecule has 13 heavy (non-hydrogen) atoms. The van der Waals surface area contributed by atoms with Gasteiger partial charge in [-0.25, -0.2) is 0 Å². The minimum Gasteiger partial charge on any atom is -0.481 e. The molecule has 0 saturated carbocycles. The molecule has 1 rings (SSSR count). The van der Waals surface area contributed by atoms with Crippen LogP contribution in [0, 0.1) is 6.92 Å². The van der Waals surface area contributed by atoms with E-state index in [0.29, 0.717) is 0 Å². The molecule has 3 N–H and O–H groups in total. The van der Waals surface area contributed by atoms with Gasteiger partial charge in [-0.2, -0.15) is 0 Å². The Morgan fingerprint density at radius 1 is 1.77 bits per heavy atom. The van der Waals surface area contributed by atoms with E-state index in [1.54, 1.807) is 6.92 Å². The smallest absolute Gasteiger partial charge is 0.305 e. The SMILES string of the molecule is Cc1csc([C@](C)(N)CC(=O)O)c1. The van der Waals surface area contributed by atoms with Crippen molar-refractivity contribution in [3.63, 3.8) is 0 Å². The lowest BCUT2D eigenvalue weighted by Crippen LogP contribution is -2.34. The lowest BCUT2D eigenvalue weighted by atomic mass is 9.97. The van der Waals surface area contributed by atoms with E-state index in [9.17, 15) is 4.79 Å². The minimum atomic E-state index is -0.865. The maximum absolute atomic E-state index is 10.5. The molecule has 0 amide bonds. The molecule has 0 bridgehead atoms. The normalized spacial score (nSPS) is 15.3. The van der Waals surface area contributed by atoms with Crippen molar-refractivity contribution >= 4 is 17.3 Å². The van der Waals surface area contributed by atoms with Crippen molar-refractivity contribution in [2.24, 2.45) is 5.73 Å². The zero-order valence-corrected chi connectivity index (χ0v) is 8.52. The number of carboxylic acid groups (broad SMARTS) is 1. The summed E-state index contributed by atoms with van der Waals surface area (Å²) in [5.41, 5.74) is 6.26. The van der Waals surface area contributed by atoms with Crippen LogP contribution in [0.2, 0.25) is 0 Å². The number of carboxylic acids is 1. The summed E-state index contributed by atoms with van der Waals surface area (Å²) >= 11 is 1.51. The van der Waals surface area contributed by atoms with Crippen molar-refractivity contribution in [3.8, 4) is 0 Å². The molecule has 0 saturated heterocycles. The van der Waals surface area contributed by atoms with Gasteiger partial charge in [0.2, 0.25) is 0 Å². The fourth-order valence-electron chi connectivity index (χ4n) is 1.13. The van der Waals surface area contributed by atoms with Gasteiger partial charge in [-0.1, -0.05) is 0 Å². The van der Waals surface area contributed by atoms with Crippen LogP contribution in [0.5, 0.6) is 0 Å². The van der Waals surface area contributed by atoms with Crippen molar-refractivity contribution in [3.05, 3.63) is 21.9 Å². The minimum absolute atomic E-state index is 0.0348. The number of hydrogen-bond acceptors (Lipinski definition) is 3. The molecule has 1 aromatic heterocycles. The second-order valence-corrected chi connectivity index (χ2v) is 4.39.